The van der Waals surface area contributed by atoms with Gasteiger partial charge in [0.1, 0.15) is 11.6 Å². The van der Waals surface area contributed by atoms with E-state index < -0.39 is 0 Å². The number of hydrogen-bond donors (Lipinski definition) is 1. The standard InChI is InChI=1S/C15H17NO2S2/c1-3-11-5-6-12(20-11)9-18-13-7-4-10(15(16)19)8-14(13)17-2/h4-8H,3,9H2,1-2H3,(H2,16,19). The second-order valence-corrected chi connectivity index (χ2v) is 5.93. The average Bonchev–Trinajstić information content (AvgIpc) is 2.92. The van der Waals surface area contributed by atoms with Crippen molar-refractivity contribution in [1.29, 1.82) is 0 Å². The van der Waals surface area contributed by atoms with E-state index >= 15 is 0 Å². The maximum Gasteiger partial charge on any atom is 0.161 e. The summed E-state index contributed by atoms with van der Waals surface area (Å²) in [4.78, 5) is 2.91. The molecule has 5 heteroatoms. The largest absolute Gasteiger partial charge is 0.493 e. The van der Waals surface area contributed by atoms with Gasteiger partial charge in [0, 0.05) is 15.3 Å². The highest BCUT2D eigenvalue weighted by atomic mass is 32.1. The second-order valence-electron chi connectivity index (χ2n) is 4.24. The summed E-state index contributed by atoms with van der Waals surface area (Å²) in [5.74, 6) is 1.33. The molecular formula is C15H17NO2S2. The minimum absolute atomic E-state index is 0.348. The van der Waals surface area contributed by atoms with Crippen LogP contribution in [0.15, 0.2) is 30.3 Å². The van der Waals surface area contributed by atoms with Gasteiger partial charge in [0.15, 0.2) is 11.5 Å². The van der Waals surface area contributed by atoms with Crippen molar-refractivity contribution in [3.05, 3.63) is 45.6 Å². The molecule has 106 valence electrons. The second kappa shape index (κ2) is 6.72. The van der Waals surface area contributed by atoms with Crippen molar-refractivity contribution in [2.75, 3.05) is 7.11 Å². The van der Waals surface area contributed by atoms with Crippen LogP contribution in [0.25, 0.3) is 0 Å². The summed E-state index contributed by atoms with van der Waals surface area (Å²) >= 11 is 6.72. The van der Waals surface area contributed by atoms with E-state index in [0.717, 1.165) is 12.0 Å². The van der Waals surface area contributed by atoms with Gasteiger partial charge in [0.05, 0.1) is 7.11 Å². The van der Waals surface area contributed by atoms with Gasteiger partial charge in [-0.15, -0.1) is 11.3 Å². The Balaban J connectivity index is 2.10. The van der Waals surface area contributed by atoms with Crippen molar-refractivity contribution < 1.29 is 9.47 Å². The Hall–Kier alpha value is -1.59. The number of aryl methyl sites for hydroxylation is 1. The molecule has 0 amide bonds. The first-order valence-electron chi connectivity index (χ1n) is 6.32. The number of thiocarbonyl (C=S) groups is 1. The van der Waals surface area contributed by atoms with Crippen molar-refractivity contribution in [2.45, 2.75) is 20.0 Å². The third-order valence-electron chi connectivity index (χ3n) is 2.88. The predicted octanol–water partition coefficient (Wildman–Crippen LogP) is 3.53. The molecule has 0 aliphatic carbocycles. The van der Waals surface area contributed by atoms with Gasteiger partial charge in [-0.1, -0.05) is 19.1 Å². The van der Waals surface area contributed by atoms with Crippen LogP contribution in [0.4, 0.5) is 0 Å². The highest BCUT2D eigenvalue weighted by Gasteiger charge is 2.08. The molecule has 1 aromatic heterocycles. The zero-order chi connectivity index (χ0) is 14.5. The molecule has 20 heavy (non-hydrogen) atoms. The Morgan fingerprint density at radius 1 is 1.20 bits per heavy atom. The normalized spacial score (nSPS) is 10.3. The number of rotatable bonds is 6. The molecule has 0 fully saturated rings. The van der Waals surface area contributed by atoms with E-state index in [0.29, 0.717) is 23.1 Å². The number of ether oxygens (including phenoxy) is 2. The van der Waals surface area contributed by atoms with E-state index in [4.69, 9.17) is 27.4 Å². The van der Waals surface area contributed by atoms with Gasteiger partial charge in [0.2, 0.25) is 0 Å². The molecule has 0 spiro atoms. The molecular weight excluding hydrogens is 290 g/mol. The summed E-state index contributed by atoms with van der Waals surface area (Å²) in [6.45, 7) is 2.68. The van der Waals surface area contributed by atoms with E-state index in [1.54, 1.807) is 24.5 Å². The molecule has 0 radical (unpaired) electrons. The Morgan fingerprint density at radius 3 is 2.55 bits per heavy atom. The predicted molar refractivity (Wildman–Crippen MR) is 86.9 cm³/mol. The number of methoxy groups -OCH3 is 1. The Bertz CT molecular complexity index is 608. The lowest BCUT2D eigenvalue weighted by atomic mass is 10.2. The monoisotopic (exact) mass is 307 g/mol. The summed E-state index contributed by atoms with van der Waals surface area (Å²) in [5.41, 5.74) is 6.38. The SMILES string of the molecule is CCc1ccc(COc2ccc(C(N)=S)cc2OC)s1. The zero-order valence-electron chi connectivity index (χ0n) is 11.5. The summed E-state index contributed by atoms with van der Waals surface area (Å²) in [7, 11) is 1.60. The molecule has 3 nitrogen and oxygen atoms in total. The van der Waals surface area contributed by atoms with Crippen LogP contribution in [0.2, 0.25) is 0 Å². The summed E-state index contributed by atoms with van der Waals surface area (Å²) in [6, 6.07) is 9.70. The molecule has 0 unspecified atom stereocenters. The lowest BCUT2D eigenvalue weighted by Gasteiger charge is -2.11. The lowest BCUT2D eigenvalue weighted by Crippen LogP contribution is -2.09. The van der Waals surface area contributed by atoms with Gasteiger partial charge in [-0.2, -0.15) is 0 Å². The van der Waals surface area contributed by atoms with Gasteiger partial charge >= 0.3 is 0 Å². The van der Waals surface area contributed by atoms with Crippen LogP contribution < -0.4 is 15.2 Å². The number of hydrogen-bond acceptors (Lipinski definition) is 4. The van der Waals surface area contributed by atoms with E-state index in [9.17, 15) is 0 Å². The number of nitrogens with two attached hydrogens (primary N) is 1. The zero-order valence-corrected chi connectivity index (χ0v) is 13.1. The Labute approximate surface area is 128 Å². The molecule has 0 saturated heterocycles. The topological polar surface area (TPSA) is 44.5 Å². The summed E-state index contributed by atoms with van der Waals surface area (Å²) < 4.78 is 11.1. The molecule has 2 N–H and O–H groups in total. The lowest BCUT2D eigenvalue weighted by molar-refractivity contribution is 0.287. The molecule has 2 rings (SSSR count). The van der Waals surface area contributed by atoms with Crippen molar-refractivity contribution >= 4 is 28.5 Å². The molecule has 0 bridgehead atoms. The van der Waals surface area contributed by atoms with Gasteiger partial charge < -0.3 is 15.2 Å². The molecule has 1 aromatic carbocycles. The van der Waals surface area contributed by atoms with E-state index in [-0.39, 0.29) is 0 Å². The molecule has 0 atom stereocenters. The number of benzene rings is 1. The van der Waals surface area contributed by atoms with Crippen molar-refractivity contribution in [3.63, 3.8) is 0 Å². The quantitative estimate of drug-likeness (QED) is 0.829. The third kappa shape index (κ3) is 3.49. The van der Waals surface area contributed by atoms with Crippen molar-refractivity contribution in [3.8, 4) is 11.5 Å². The van der Waals surface area contributed by atoms with Crippen LogP contribution >= 0.6 is 23.6 Å². The molecule has 2 aromatic rings. The first-order valence-corrected chi connectivity index (χ1v) is 7.54. The maximum absolute atomic E-state index is 5.81. The minimum atomic E-state index is 0.348. The minimum Gasteiger partial charge on any atom is -0.493 e. The Morgan fingerprint density at radius 2 is 1.95 bits per heavy atom. The van der Waals surface area contributed by atoms with Gasteiger partial charge in [-0.3, -0.25) is 0 Å². The van der Waals surface area contributed by atoms with E-state index in [1.165, 1.54) is 9.75 Å². The third-order valence-corrected chi connectivity index (χ3v) is 4.32. The van der Waals surface area contributed by atoms with Crippen molar-refractivity contribution in [2.24, 2.45) is 5.73 Å². The van der Waals surface area contributed by atoms with Crippen LogP contribution in [0.1, 0.15) is 22.2 Å². The average molecular weight is 307 g/mol. The highest BCUT2D eigenvalue weighted by Crippen LogP contribution is 2.29. The maximum atomic E-state index is 5.81. The smallest absolute Gasteiger partial charge is 0.161 e. The fraction of sp³-hybridized carbons (Fsp3) is 0.267. The summed E-state index contributed by atoms with van der Waals surface area (Å²) in [5, 5.41) is 0. The summed E-state index contributed by atoms with van der Waals surface area (Å²) in [6.07, 6.45) is 1.05. The van der Waals surface area contributed by atoms with E-state index in [1.807, 2.05) is 12.1 Å². The Kier molecular flexibility index (Phi) is 4.98. The molecule has 0 saturated carbocycles. The fourth-order valence-corrected chi connectivity index (χ4v) is 2.78. The van der Waals surface area contributed by atoms with Crippen LogP contribution in [-0.2, 0) is 13.0 Å². The highest BCUT2D eigenvalue weighted by molar-refractivity contribution is 7.80. The van der Waals surface area contributed by atoms with Crippen LogP contribution in [0.5, 0.6) is 11.5 Å². The molecule has 1 heterocycles. The van der Waals surface area contributed by atoms with Crippen molar-refractivity contribution in [1.82, 2.24) is 0 Å². The van der Waals surface area contributed by atoms with Gasteiger partial charge in [-0.05, 0) is 36.8 Å². The van der Waals surface area contributed by atoms with Gasteiger partial charge in [0.25, 0.3) is 0 Å². The first kappa shape index (κ1) is 14.8. The first-order chi connectivity index (χ1) is 9.63. The molecule has 0 aliphatic heterocycles. The number of thiophene rings is 1. The van der Waals surface area contributed by atoms with Gasteiger partial charge in [-0.25, -0.2) is 0 Å². The van der Waals surface area contributed by atoms with Crippen LogP contribution in [-0.4, -0.2) is 12.1 Å². The van der Waals surface area contributed by atoms with Crippen LogP contribution in [0.3, 0.4) is 0 Å². The molecule has 0 aliphatic rings. The van der Waals surface area contributed by atoms with E-state index in [2.05, 4.69) is 19.1 Å². The fourth-order valence-electron chi connectivity index (χ4n) is 1.78. The van der Waals surface area contributed by atoms with Crippen LogP contribution in [0, 0.1) is 0 Å².